The van der Waals surface area contributed by atoms with Crippen molar-refractivity contribution in [1.82, 2.24) is 19.1 Å². The van der Waals surface area contributed by atoms with E-state index in [9.17, 15) is 14.7 Å². The van der Waals surface area contributed by atoms with Crippen molar-refractivity contribution in [3.8, 4) is 0 Å². The Labute approximate surface area is 170 Å². The Bertz CT molecular complexity index is 958. The maximum absolute atomic E-state index is 12.7. The van der Waals surface area contributed by atoms with Crippen LogP contribution in [0.4, 0.5) is 10.5 Å². The highest BCUT2D eigenvalue weighted by molar-refractivity contribution is 5.72. The second-order valence-corrected chi connectivity index (χ2v) is 8.65. The summed E-state index contributed by atoms with van der Waals surface area (Å²) >= 11 is 0. The fourth-order valence-electron chi connectivity index (χ4n) is 3.75. The average molecular weight is 405 g/mol. The number of hydrogen-bond donors (Lipinski definition) is 1. The highest BCUT2D eigenvalue weighted by Crippen LogP contribution is 2.28. The van der Waals surface area contributed by atoms with Gasteiger partial charge in [0, 0.05) is 38.3 Å². The second-order valence-electron chi connectivity index (χ2n) is 8.65. The van der Waals surface area contributed by atoms with Gasteiger partial charge in [-0.2, -0.15) is 0 Å². The Kier molecular flexibility index (Phi) is 5.62. The molecule has 2 aromatic heterocycles. The van der Waals surface area contributed by atoms with Crippen LogP contribution in [0, 0.1) is 0 Å². The van der Waals surface area contributed by atoms with Crippen LogP contribution in [0.25, 0.3) is 5.65 Å². The molecule has 0 aromatic carbocycles. The van der Waals surface area contributed by atoms with Crippen LogP contribution in [0.2, 0.25) is 0 Å². The molecule has 1 aliphatic rings. The predicted octanol–water partition coefficient (Wildman–Crippen LogP) is 1.75. The quantitative estimate of drug-likeness (QED) is 0.836. The molecule has 0 radical (unpaired) electrons. The summed E-state index contributed by atoms with van der Waals surface area (Å²) in [7, 11) is 1.67. The monoisotopic (exact) mass is 405 g/mol. The summed E-state index contributed by atoms with van der Waals surface area (Å²) in [6, 6.07) is 1.51. The molecule has 0 saturated carbocycles. The number of ether oxygens (including phenoxy) is 1. The third kappa shape index (κ3) is 4.10. The van der Waals surface area contributed by atoms with E-state index >= 15 is 0 Å². The molecule has 3 rings (SSSR count). The number of anilines is 1. The molecule has 1 N–H and O–H groups in total. The molecule has 2 aromatic rings. The lowest BCUT2D eigenvalue weighted by molar-refractivity contribution is 0.0123. The third-order valence-corrected chi connectivity index (χ3v) is 5.28. The average Bonchev–Trinajstić information content (AvgIpc) is 3.07. The second kappa shape index (κ2) is 7.70. The topological polar surface area (TPSA) is 92.3 Å². The Hall–Kier alpha value is -2.55. The number of hydrogen-bond acceptors (Lipinski definition) is 6. The Balaban J connectivity index is 1.98. The van der Waals surface area contributed by atoms with Crippen molar-refractivity contribution in [2.45, 2.75) is 65.3 Å². The van der Waals surface area contributed by atoms with Crippen molar-refractivity contribution in [1.29, 1.82) is 0 Å². The van der Waals surface area contributed by atoms with Crippen LogP contribution >= 0.6 is 0 Å². The minimum absolute atomic E-state index is 0.0175. The van der Waals surface area contributed by atoms with Crippen LogP contribution in [0.5, 0.6) is 0 Å². The number of aliphatic hydroxyl groups excluding tert-OH is 1. The molecule has 9 nitrogen and oxygen atoms in total. The molecule has 160 valence electrons. The van der Waals surface area contributed by atoms with E-state index < -0.39 is 5.60 Å². The van der Waals surface area contributed by atoms with Gasteiger partial charge in [-0.1, -0.05) is 6.92 Å². The van der Waals surface area contributed by atoms with Gasteiger partial charge in [-0.05, 0) is 34.1 Å². The first-order valence-corrected chi connectivity index (χ1v) is 10.0. The molecule has 1 aliphatic heterocycles. The number of aliphatic hydroxyl groups is 1. The van der Waals surface area contributed by atoms with Gasteiger partial charge >= 0.3 is 6.09 Å². The van der Waals surface area contributed by atoms with Gasteiger partial charge in [0.05, 0.1) is 24.2 Å². The Morgan fingerprint density at radius 3 is 2.62 bits per heavy atom. The minimum Gasteiger partial charge on any atom is -0.444 e. The molecule has 0 spiro atoms. The molecular formula is C20H31N5O4. The number of carbonyl (C=O) groups excluding carboxylic acids is 1. The summed E-state index contributed by atoms with van der Waals surface area (Å²) in [5.74, 6) is 0. The molecular weight excluding hydrogens is 374 g/mol. The normalized spacial score (nSPS) is 20.4. The van der Waals surface area contributed by atoms with Crippen LogP contribution in [-0.2, 0) is 18.4 Å². The maximum atomic E-state index is 12.7. The highest BCUT2D eigenvalue weighted by Gasteiger charge is 2.36. The summed E-state index contributed by atoms with van der Waals surface area (Å²) < 4.78 is 8.71. The van der Waals surface area contributed by atoms with Gasteiger partial charge in [0.25, 0.3) is 5.56 Å². The number of imidazole rings is 1. The van der Waals surface area contributed by atoms with Crippen LogP contribution in [0.15, 0.2) is 17.1 Å². The summed E-state index contributed by atoms with van der Waals surface area (Å²) in [5.41, 5.74) is 1.12. The largest absolute Gasteiger partial charge is 0.444 e. The summed E-state index contributed by atoms with van der Waals surface area (Å²) in [6.07, 6.45) is 2.14. The van der Waals surface area contributed by atoms with E-state index in [0.29, 0.717) is 24.4 Å². The number of nitrogens with zero attached hydrogens (tertiary/aromatic N) is 5. The zero-order valence-electron chi connectivity index (χ0n) is 18.0. The van der Waals surface area contributed by atoms with Gasteiger partial charge in [0.15, 0.2) is 5.65 Å². The Morgan fingerprint density at radius 1 is 1.34 bits per heavy atom. The fraction of sp³-hybridized carbons (Fsp3) is 0.650. The minimum atomic E-state index is -0.552. The van der Waals surface area contributed by atoms with Crippen molar-refractivity contribution >= 4 is 17.4 Å². The number of amides is 1. The molecule has 1 saturated heterocycles. The predicted molar refractivity (Wildman–Crippen MR) is 110 cm³/mol. The van der Waals surface area contributed by atoms with Gasteiger partial charge in [-0.3, -0.25) is 4.79 Å². The van der Waals surface area contributed by atoms with Gasteiger partial charge in [0.2, 0.25) is 0 Å². The van der Waals surface area contributed by atoms with Crippen molar-refractivity contribution in [3.05, 3.63) is 28.3 Å². The molecule has 9 heteroatoms. The smallest absolute Gasteiger partial charge is 0.410 e. The fourth-order valence-corrected chi connectivity index (χ4v) is 3.75. The van der Waals surface area contributed by atoms with Crippen molar-refractivity contribution in [2.75, 3.05) is 18.0 Å². The van der Waals surface area contributed by atoms with Crippen LogP contribution in [0.1, 0.15) is 46.7 Å². The van der Waals surface area contributed by atoms with Crippen LogP contribution in [0.3, 0.4) is 0 Å². The number of carbonyl (C=O) groups is 1. The zero-order valence-corrected chi connectivity index (χ0v) is 18.0. The number of aryl methyl sites for hydroxylation is 1. The molecule has 0 bridgehead atoms. The zero-order chi connectivity index (χ0) is 21.5. The lowest BCUT2D eigenvalue weighted by atomic mass is 10.0. The molecule has 1 fully saturated rings. The molecule has 0 unspecified atom stereocenters. The lowest BCUT2D eigenvalue weighted by Crippen LogP contribution is -2.60. The number of fused-ring (bicyclic) bond motifs is 1. The molecule has 2 atom stereocenters. The SMILES string of the molecule is CC[C@H]1CN(C(=O)OC(C)(C)C)[C@H](C)CN1c1cc(=O)n(C)n2cc(CO)nc12. The van der Waals surface area contributed by atoms with Crippen molar-refractivity contribution in [2.24, 2.45) is 7.05 Å². The van der Waals surface area contributed by atoms with Crippen LogP contribution in [-0.4, -0.2) is 61.1 Å². The molecule has 29 heavy (non-hydrogen) atoms. The van der Waals surface area contributed by atoms with E-state index in [1.807, 2.05) is 27.7 Å². The number of aromatic nitrogens is 3. The van der Waals surface area contributed by atoms with E-state index in [2.05, 4.69) is 16.8 Å². The molecule has 1 amide bonds. The van der Waals surface area contributed by atoms with Crippen molar-refractivity contribution < 1.29 is 14.6 Å². The van der Waals surface area contributed by atoms with E-state index in [1.54, 1.807) is 28.7 Å². The standard InChI is InChI=1S/C20H31N5O4/c1-7-15-11-23(19(28)29-20(3,4)5)13(2)9-24(15)16-8-17(27)22(6)25-10-14(12-26)21-18(16)25/h8,10,13,15,26H,7,9,11-12H2,1-6H3/t13-,15+/m1/s1. The molecule has 3 heterocycles. The van der Waals surface area contributed by atoms with Gasteiger partial charge in [0.1, 0.15) is 5.60 Å². The summed E-state index contributed by atoms with van der Waals surface area (Å²) in [5, 5.41) is 9.49. The lowest BCUT2D eigenvalue weighted by Gasteiger charge is -2.46. The summed E-state index contributed by atoms with van der Waals surface area (Å²) in [6.45, 7) is 10.5. The number of piperazine rings is 1. The van der Waals surface area contributed by atoms with E-state index in [4.69, 9.17) is 4.74 Å². The van der Waals surface area contributed by atoms with Crippen molar-refractivity contribution in [3.63, 3.8) is 0 Å². The highest BCUT2D eigenvalue weighted by atomic mass is 16.6. The number of rotatable bonds is 3. The first-order chi connectivity index (χ1) is 13.6. The third-order valence-electron chi connectivity index (χ3n) is 5.28. The van der Waals surface area contributed by atoms with E-state index in [1.165, 1.54) is 4.68 Å². The first-order valence-electron chi connectivity index (χ1n) is 10.0. The van der Waals surface area contributed by atoms with Crippen LogP contribution < -0.4 is 10.5 Å². The van der Waals surface area contributed by atoms with Gasteiger partial charge in [-0.25, -0.2) is 19.0 Å². The first kappa shape index (κ1) is 21.2. The van der Waals surface area contributed by atoms with E-state index in [-0.39, 0.29) is 30.3 Å². The van der Waals surface area contributed by atoms with Gasteiger partial charge < -0.3 is 19.6 Å². The summed E-state index contributed by atoms with van der Waals surface area (Å²) in [4.78, 5) is 33.6. The maximum Gasteiger partial charge on any atom is 0.410 e. The van der Waals surface area contributed by atoms with E-state index in [0.717, 1.165) is 12.1 Å². The Morgan fingerprint density at radius 2 is 2.03 bits per heavy atom. The molecule has 0 aliphatic carbocycles. The van der Waals surface area contributed by atoms with Gasteiger partial charge in [-0.15, -0.1) is 0 Å².